The molecular weight excluding hydrogens is 416 g/mol. The Morgan fingerprint density at radius 1 is 0.909 bits per heavy atom. The van der Waals surface area contributed by atoms with Gasteiger partial charge in [0.15, 0.2) is 0 Å². The Morgan fingerprint density at radius 3 is 2.27 bits per heavy atom. The van der Waals surface area contributed by atoms with E-state index in [0.717, 1.165) is 43.7 Å². The molecule has 2 aromatic rings. The lowest BCUT2D eigenvalue weighted by atomic mass is 9.97. The molecule has 0 saturated carbocycles. The number of ether oxygens (including phenoxy) is 2. The molecule has 2 aliphatic heterocycles. The van der Waals surface area contributed by atoms with E-state index in [1.54, 1.807) is 12.1 Å². The summed E-state index contributed by atoms with van der Waals surface area (Å²) in [4.78, 5) is 30.9. The number of imide groups is 1. The summed E-state index contributed by atoms with van der Waals surface area (Å²) >= 11 is 0. The van der Waals surface area contributed by atoms with Gasteiger partial charge in [0.05, 0.1) is 24.5 Å². The summed E-state index contributed by atoms with van der Waals surface area (Å²) in [5.41, 5.74) is 2.14. The van der Waals surface area contributed by atoms with Gasteiger partial charge in [0.2, 0.25) is 0 Å². The number of nitrogens with zero attached hydrogens (tertiary/aromatic N) is 2. The first-order valence-corrected chi connectivity index (χ1v) is 11.9. The van der Waals surface area contributed by atoms with Crippen molar-refractivity contribution in [3.05, 3.63) is 59.8 Å². The first-order valence-electron chi connectivity index (χ1n) is 11.9. The molecule has 2 aromatic carbocycles. The van der Waals surface area contributed by atoms with Crippen molar-refractivity contribution in [2.45, 2.75) is 40.0 Å². The summed E-state index contributed by atoms with van der Waals surface area (Å²) < 4.78 is 11.4. The number of anilines is 1. The summed E-state index contributed by atoms with van der Waals surface area (Å²) in [5.74, 6) is 1.29. The number of hydrogen-bond acceptors (Lipinski definition) is 5. The lowest BCUT2D eigenvalue weighted by Crippen LogP contribution is -2.38. The molecule has 0 radical (unpaired) electrons. The van der Waals surface area contributed by atoms with Crippen LogP contribution in [0.25, 0.3) is 5.57 Å². The van der Waals surface area contributed by atoms with Crippen molar-refractivity contribution in [2.75, 3.05) is 31.2 Å². The molecular formula is C27H32N2O4. The van der Waals surface area contributed by atoms with Crippen molar-refractivity contribution in [1.29, 1.82) is 0 Å². The van der Waals surface area contributed by atoms with Gasteiger partial charge >= 0.3 is 0 Å². The van der Waals surface area contributed by atoms with Gasteiger partial charge in [-0.3, -0.25) is 9.59 Å². The van der Waals surface area contributed by atoms with Gasteiger partial charge in [-0.15, -0.1) is 0 Å². The van der Waals surface area contributed by atoms with Crippen molar-refractivity contribution in [3.63, 3.8) is 0 Å². The van der Waals surface area contributed by atoms with E-state index in [-0.39, 0.29) is 11.8 Å². The van der Waals surface area contributed by atoms with Crippen LogP contribution in [0.3, 0.4) is 0 Å². The predicted molar refractivity (Wildman–Crippen MR) is 129 cm³/mol. The van der Waals surface area contributed by atoms with Crippen LogP contribution in [-0.2, 0) is 9.59 Å². The van der Waals surface area contributed by atoms with Gasteiger partial charge < -0.3 is 14.4 Å². The van der Waals surface area contributed by atoms with Gasteiger partial charge in [-0.25, -0.2) is 4.90 Å². The third-order valence-electron chi connectivity index (χ3n) is 6.18. The van der Waals surface area contributed by atoms with Gasteiger partial charge in [-0.05, 0) is 61.9 Å². The average Bonchev–Trinajstić information content (AvgIpc) is 3.09. The summed E-state index contributed by atoms with van der Waals surface area (Å²) in [5, 5.41) is 0. The Balaban J connectivity index is 1.76. The SMILES string of the molecule is CCCOc1ccc(C2=C(N3CCC(C)CC3)C(=O)N(c3ccccc3OCC)C2=O)cc1. The zero-order valence-corrected chi connectivity index (χ0v) is 19.7. The first kappa shape index (κ1) is 22.9. The van der Waals surface area contributed by atoms with E-state index in [1.807, 2.05) is 43.3 Å². The van der Waals surface area contributed by atoms with Crippen LogP contribution < -0.4 is 14.4 Å². The van der Waals surface area contributed by atoms with Gasteiger partial charge in [0.25, 0.3) is 11.8 Å². The van der Waals surface area contributed by atoms with E-state index < -0.39 is 0 Å². The maximum Gasteiger partial charge on any atom is 0.282 e. The minimum absolute atomic E-state index is 0.289. The zero-order valence-electron chi connectivity index (χ0n) is 19.7. The standard InChI is InChI=1S/C27H32N2O4/c1-4-18-33-21-12-10-20(11-13-21)24-25(28-16-14-19(3)15-17-28)27(31)29(26(24)30)22-8-6-7-9-23(22)32-5-2/h6-13,19H,4-5,14-18H2,1-3H3. The minimum Gasteiger partial charge on any atom is -0.494 e. The number of carbonyl (C=O) groups is 2. The van der Waals surface area contributed by atoms with Gasteiger partial charge in [0, 0.05) is 13.1 Å². The van der Waals surface area contributed by atoms with Crippen LogP contribution >= 0.6 is 0 Å². The normalized spacial score (nSPS) is 17.2. The molecule has 33 heavy (non-hydrogen) atoms. The molecule has 0 atom stereocenters. The van der Waals surface area contributed by atoms with Crippen LogP contribution in [-0.4, -0.2) is 43.0 Å². The topological polar surface area (TPSA) is 59.1 Å². The van der Waals surface area contributed by atoms with Crippen LogP contribution in [0.2, 0.25) is 0 Å². The Kier molecular flexibility index (Phi) is 7.02. The monoisotopic (exact) mass is 448 g/mol. The fourth-order valence-corrected chi connectivity index (χ4v) is 4.38. The molecule has 1 saturated heterocycles. The minimum atomic E-state index is -0.317. The number of amides is 2. The number of likely N-dealkylation sites (tertiary alicyclic amines) is 1. The summed E-state index contributed by atoms with van der Waals surface area (Å²) in [6, 6.07) is 14.7. The molecule has 0 aromatic heterocycles. The third kappa shape index (κ3) is 4.61. The van der Waals surface area contributed by atoms with Crippen LogP contribution in [0.5, 0.6) is 11.5 Å². The van der Waals surface area contributed by atoms with Crippen LogP contribution in [0.1, 0.15) is 45.6 Å². The maximum atomic E-state index is 13.8. The number of para-hydroxylation sites is 2. The number of benzene rings is 2. The van der Waals surface area contributed by atoms with Gasteiger partial charge in [0.1, 0.15) is 17.2 Å². The second-order valence-electron chi connectivity index (χ2n) is 8.61. The van der Waals surface area contributed by atoms with Crippen molar-refractivity contribution in [3.8, 4) is 11.5 Å². The van der Waals surface area contributed by atoms with Crippen LogP contribution in [0.15, 0.2) is 54.2 Å². The molecule has 0 bridgehead atoms. The van der Waals surface area contributed by atoms with Gasteiger partial charge in [-0.2, -0.15) is 0 Å². The van der Waals surface area contributed by atoms with E-state index in [0.29, 0.717) is 41.8 Å². The molecule has 4 rings (SSSR count). The fraction of sp³-hybridized carbons (Fsp3) is 0.407. The number of hydrogen-bond donors (Lipinski definition) is 0. The largest absolute Gasteiger partial charge is 0.494 e. The van der Waals surface area contributed by atoms with Crippen molar-refractivity contribution < 1.29 is 19.1 Å². The number of carbonyl (C=O) groups excluding carboxylic acids is 2. The zero-order chi connectivity index (χ0) is 23.4. The highest BCUT2D eigenvalue weighted by Crippen LogP contribution is 2.39. The first-order chi connectivity index (χ1) is 16.0. The van der Waals surface area contributed by atoms with E-state index in [1.165, 1.54) is 4.90 Å². The molecule has 6 nitrogen and oxygen atoms in total. The number of rotatable bonds is 8. The summed E-state index contributed by atoms with van der Waals surface area (Å²) in [6.07, 6.45) is 2.92. The predicted octanol–water partition coefficient (Wildman–Crippen LogP) is 4.89. The second kappa shape index (κ2) is 10.1. The van der Waals surface area contributed by atoms with Crippen molar-refractivity contribution in [1.82, 2.24) is 4.90 Å². The van der Waals surface area contributed by atoms with E-state index in [4.69, 9.17) is 9.47 Å². The molecule has 1 fully saturated rings. The Labute approximate surface area is 195 Å². The molecule has 0 aliphatic carbocycles. The summed E-state index contributed by atoms with van der Waals surface area (Å²) in [6.45, 7) is 8.78. The molecule has 0 N–H and O–H groups in total. The second-order valence-corrected chi connectivity index (χ2v) is 8.61. The third-order valence-corrected chi connectivity index (χ3v) is 6.18. The van der Waals surface area contributed by atoms with E-state index in [9.17, 15) is 9.59 Å². The van der Waals surface area contributed by atoms with Crippen LogP contribution in [0, 0.1) is 5.92 Å². The highest BCUT2D eigenvalue weighted by molar-refractivity contribution is 6.45. The van der Waals surface area contributed by atoms with Crippen molar-refractivity contribution >= 4 is 23.1 Å². The smallest absolute Gasteiger partial charge is 0.282 e. The number of piperidine rings is 1. The molecule has 6 heteroatoms. The Bertz CT molecular complexity index is 1040. The van der Waals surface area contributed by atoms with Crippen LogP contribution in [0.4, 0.5) is 5.69 Å². The molecule has 0 unspecified atom stereocenters. The fourth-order valence-electron chi connectivity index (χ4n) is 4.38. The molecule has 174 valence electrons. The lowest BCUT2D eigenvalue weighted by Gasteiger charge is -2.32. The highest BCUT2D eigenvalue weighted by atomic mass is 16.5. The summed E-state index contributed by atoms with van der Waals surface area (Å²) in [7, 11) is 0. The van der Waals surface area contributed by atoms with Crippen molar-refractivity contribution in [2.24, 2.45) is 5.92 Å². The molecule has 0 spiro atoms. The molecule has 2 heterocycles. The highest BCUT2D eigenvalue weighted by Gasteiger charge is 2.43. The molecule has 2 aliphatic rings. The van der Waals surface area contributed by atoms with Gasteiger partial charge in [-0.1, -0.05) is 38.1 Å². The Hall–Kier alpha value is -3.28. The maximum absolute atomic E-state index is 13.8. The molecule has 2 amide bonds. The Morgan fingerprint density at radius 2 is 1.61 bits per heavy atom. The quantitative estimate of drug-likeness (QED) is 0.538. The van der Waals surface area contributed by atoms with E-state index >= 15 is 0 Å². The lowest BCUT2D eigenvalue weighted by molar-refractivity contribution is -0.120. The van der Waals surface area contributed by atoms with E-state index in [2.05, 4.69) is 18.7 Å². The average molecular weight is 449 g/mol.